The Morgan fingerprint density at radius 2 is 1.44 bits per heavy atom. The van der Waals surface area contributed by atoms with E-state index in [9.17, 15) is 0 Å². The third-order valence-electron chi connectivity index (χ3n) is 7.61. The average Bonchev–Trinajstić information content (AvgIpc) is 3.33. The Hall–Kier alpha value is -4.47. The van der Waals surface area contributed by atoms with Gasteiger partial charge in [-0.1, -0.05) is 91.5 Å². The van der Waals surface area contributed by atoms with Crippen molar-refractivity contribution in [2.24, 2.45) is 0 Å². The first kappa shape index (κ1) is 23.6. The van der Waals surface area contributed by atoms with E-state index in [0.717, 1.165) is 21.4 Å². The Morgan fingerprint density at radius 3 is 2.13 bits per heavy atom. The van der Waals surface area contributed by atoms with Gasteiger partial charge in [-0.25, -0.2) is 0 Å². The maximum atomic E-state index is 4.60. The molecule has 39 heavy (non-hydrogen) atoms. The molecule has 0 aliphatic heterocycles. The molecule has 0 N–H and O–H groups in total. The fourth-order valence-electron chi connectivity index (χ4n) is 5.86. The fourth-order valence-corrected chi connectivity index (χ4v) is 6.10. The van der Waals surface area contributed by atoms with Crippen LogP contribution >= 0.6 is 15.9 Å². The summed E-state index contributed by atoms with van der Waals surface area (Å²) in [6, 6.07) is 34.9. The quantitative estimate of drug-likeness (QED) is 0.153. The van der Waals surface area contributed by atoms with Crippen LogP contribution in [0.15, 0.2) is 126 Å². The number of nitrogens with zero attached hydrogens (tertiary/aromatic N) is 2. The number of aromatic nitrogens is 2. The summed E-state index contributed by atoms with van der Waals surface area (Å²) in [7, 11) is 0. The standard InChI is InChI=1S/C36H25BrN2/c1-3-4-9-27-23(2)14-21-33-34(27)35-30-12-7-5-10-28(30)29-11-6-8-13-31(29)36(35)39(33)26-18-15-24(16-19-26)32-20-17-25(37)22-38-32/h3-22H,1H2,2H3/b9-4-. The highest BCUT2D eigenvalue weighted by molar-refractivity contribution is 9.10. The smallest absolute Gasteiger partial charge is 0.0702 e. The molecule has 2 heterocycles. The van der Waals surface area contributed by atoms with Gasteiger partial charge in [0.2, 0.25) is 0 Å². The van der Waals surface area contributed by atoms with Gasteiger partial charge in [-0.2, -0.15) is 0 Å². The summed E-state index contributed by atoms with van der Waals surface area (Å²) in [4.78, 5) is 4.60. The van der Waals surface area contributed by atoms with Crippen molar-refractivity contribution in [1.29, 1.82) is 0 Å². The second kappa shape index (κ2) is 9.37. The van der Waals surface area contributed by atoms with Crippen molar-refractivity contribution in [2.75, 3.05) is 0 Å². The van der Waals surface area contributed by atoms with Gasteiger partial charge in [0.25, 0.3) is 0 Å². The molecule has 0 amide bonds. The van der Waals surface area contributed by atoms with Crippen molar-refractivity contribution in [3.63, 3.8) is 0 Å². The number of hydrogen-bond donors (Lipinski definition) is 0. The van der Waals surface area contributed by atoms with Crippen LogP contribution in [0.4, 0.5) is 0 Å². The third kappa shape index (κ3) is 3.73. The molecule has 7 aromatic rings. The van der Waals surface area contributed by atoms with Crippen molar-refractivity contribution in [3.05, 3.63) is 138 Å². The number of pyridine rings is 1. The van der Waals surface area contributed by atoms with Crippen LogP contribution in [0.2, 0.25) is 0 Å². The van der Waals surface area contributed by atoms with Gasteiger partial charge in [0.05, 0.1) is 16.7 Å². The summed E-state index contributed by atoms with van der Waals surface area (Å²) in [5.41, 5.74) is 8.06. The molecule has 0 radical (unpaired) electrons. The number of fused-ring (bicyclic) bond motifs is 8. The molecule has 0 saturated heterocycles. The minimum atomic E-state index is 0.955. The molecule has 3 heteroatoms. The van der Waals surface area contributed by atoms with Crippen LogP contribution in [0.1, 0.15) is 11.1 Å². The lowest BCUT2D eigenvalue weighted by atomic mass is 9.94. The molecular weight excluding hydrogens is 540 g/mol. The van der Waals surface area contributed by atoms with Gasteiger partial charge in [-0.3, -0.25) is 4.98 Å². The summed E-state index contributed by atoms with van der Waals surface area (Å²) < 4.78 is 3.41. The lowest BCUT2D eigenvalue weighted by Gasteiger charge is -2.12. The normalized spacial score (nSPS) is 11.8. The van der Waals surface area contributed by atoms with Crippen molar-refractivity contribution < 1.29 is 0 Å². The molecule has 0 fully saturated rings. The topological polar surface area (TPSA) is 17.8 Å². The molecule has 0 saturated carbocycles. The van der Waals surface area contributed by atoms with Gasteiger partial charge in [0.15, 0.2) is 0 Å². The summed E-state index contributed by atoms with van der Waals surface area (Å²) in [6.45, 7) is 6.12. The van der Waals surface area contributed by atoms with Crippen LogP contribution < -0.4 is 0 Å². The van der Waals surface area contributed by atoms with Crippen molar-refractivity contribution in [1.82, 2.24) is 9.55 Å². The minimum absolute atomic E-state index is 0.955. The summed E-state index contributed by atoms with van der Waals surface area (Å²) in [5.74, 6) is 0. The fraction of sp³-hybridized carbons (Fsp3) is 0.0278. The first-order valence-electron chi connectivity index (χ1n) is 13.0. The zero-order valence-corrected chi connectivity index (χ0v) is 23.1. The summed E-state index contributed by atoms with van der Waals surface area (Å²) in [5, 5.41) is 7.60. The lowest BCUT2D eigenvalue weighted by Crippen LogP contribution is -1.95. The summed E-state index contributed by atoms with van der Waals surface area (Å²) in [6.07, 6.45) is 7.92. The van der Waals surface area contributed by atoms with E-state index >= 15 is 0 Å². The maximum Gasteiger partial charge on any atom is 0.0702 e. The highest BCUT2D eigenvalue weighted by Gasteiger charge is 2.21. The molecule has 0 aliphatic carbocycles. The maximum absolute atomic E-state index is 4.60. The molecule has 0 atom stereocenters. The van der Waals surface area contributed by atoms with E-state index in [0.29, 0.717) is 0 Å². The lowest BCUT2D eigenvalue weighted by molar-refractivity contribution is 1.18. The predicted molar refractivity (Wildman–Crippen MR) is 171 cm³/mol. The Morgan fingerprint density at radius 1 is 0.744 bits per heavy atom. The number of aryl methyl sites for hydroxylation is 1. The first-order chi connectivity index (χ1) is 19.2. The second-order valence-corrected chi connectivity index (χ2v) is 10.8. The van der Waals surface area contributed by atoms with Crippen molar-refractivity contribution in [2.45, 2.75) is 6.92 Å². The number of halogens is 1. The van der Waals surface area contributed by atoms with Crippen LogP contribution in [0.25, 0.3) is 66.4 Å². The average molecular weight is 566 g/mol. The molecule has 186 valence electrons. The Balaban J connectivity index is 1.64. The highest BCUT2D eigenvalue weighted by Crippen LogP contribution is 2.44. The summed E-state index contributed by atoms with van der Waals surface area (Å²) >= 11 is 3.49. The zero-order valence-electron chi connectivity index (χ0n) is 21.5. The Kier molecular flexibility index (Phi) is 5.68. The highest BCUT2D eigenvalue weighted by atomic mass is 79.9. The van der Waals surface area contributed by atoms with Gasteiger partial charge >= 0.3 is 0 Å². The predicted octanol–water partition coefficient (Wildman–Crippen LogP) is 10.4. The van der Waals surface area contributed by atoms with E-state index in [1.54, 1.807) is 0 Å². The molecule has 2 nitrogen and oxygen atoms in total. The monoisotopic (exact) mass is 564 g/mol. The number of rotatable bonds is 4. The van der Waals surface area contributed by atoms with Crippen molar-refractivity contribution in [3.8, 4) is 16.9 Å². The SMILES string of the molecule is C=C/C=C\c1c(C)ccc2c1c1c3ccccc3c3ccccc3c1n2-c1ccc(-c2ccc(Br)cn2)cc1. The van der Waals surface area contributed by atoms with Crippen LogP contribution in [0.5, 0.6) is 0 Å². The van der Waals surface area contributed by atoms with Crippen LogP contribution in [0, 0.1) is 6.92 Å². The number of benzene rings is 5. The molecule has 0 unspecified atom stereocenters. The third-order valence-corrected chi connectivity index (χ3v) is 8.08. The van der Waals surface area contributed by atoms with Crippen molar-refractivity contribution >= 4 is 65.4 Å². The van der Waals surface area contributed by atoms with Gasteiger partial charge < -0.3 is 4.57 Å². The Labute approximate surface area is 235 Å². The van der Waals surface area contributed by atoms with Gasteiger partial charge in [0.1, 0.15) is 0 Å². The second-order valence-electron chi connectivity index (χ2n) is 9.84. The molecule has 0 bridgehead atoms. The van der Waals surface area contributed by atoms with Crippen LogP contribution in [-0.2, 0) is 0 Å². The zero-order chi connectivity index (χ0) is 26.5. The van der Waals surface area contributed by atoms with E-state index in [2.05, 4.69) is 130 Å². The van der Waals surface area contributed by atoms with E-state index < -0.39 is 0 Å². The van der Waals surface area contributed by atoms with Gasteiger partial charge in [0, 0.05) is 38.1 Å². The van der Waals surface area contributed by atoms with E-state index in [-0.39, 0.29) is 0 Å². The largest absolute Gasteiger partial charge is 0.309 e. The van der Waals surface area contributed by atoms with E-state index in [1.165, 1.54) is 54.5 Å². The molecule has 2 aromatic heterocycles. The van der Waals surface area contributed by atoms with E-state index in [1.807, 2.05) is 30.5 Å². The Bertz CT molecular complexity index is 2080. The van der Waals surface area contributed by atoms with Crippen LogP contribution in [0.3, 0.4) is 0 Å². The number of allylic oxidation sites excluding steroid dienone is 2. The van der Waals surface area contributed by atoms with E-state index in [4.69, 9.17) is 0 Å². The van der Waals surface area contributed by atoms with Gasteiger partial charge in [-0.05, 0) is 80.5 Å². The molecule has 0 spiro atoms. The minimum Gasteiger partial charge on any atom is -0.309 e. The molecule has 5 aromatic carbocycles. The molecular formula is C36H25BrN2. The molecule has 7 rings (SSSR count). The number of hydrogen-bond acceptors (Lipinski definition) is 1. The van der Waals surface area contributed by atoms with Crippen LogP contribution in [-0.4, -0.2) is 9.55 Å². The molecule has 0 aliphatic rings. The first-order valence-corrected chi connectivity index (χ1v) is 13.8. The van der Waals surface area contributed by atoms with Gasteiger partial charge in [-0.15, -0.1) is 0 Å².